The van der Waals surface area contributed by atoms with Crippen molar-refractivity contribution in [2.75, 3.05) is 0 Å². The van der Waals surface area contributed by atoms with E-state index in [1.807, 2.05) is 6.07 Å². The van der Waals surface area contributed by atoms with E-state index in [1.54, 1.807) is 24.3 Å². The Bertz CT molecular complexity index is 856. The summed E-state index contributed by atoms with van der Waals surface area (Å²) in [5, 5.41) is 20.6. The van der Waals surface area contributed by atoms with E-state index in [4.69, 9.17) is 4.74 Å². The molecule has 0 aliphatic carbocycles. The number of aromatic hydroxyl groups is 1. The van der Waals surface area contributed by atoms with Gasteiger partial charge in [0.2, 0.25) is 5.90 Å². The molecule has 0 saturated heterocycles. The Kier molecular flexibility index (Phi) is 3.60. The number of ether oxygens (including phenoxy) is 1. The van der Waals surface area contributed by atoms with Crippen molar-refractivity contribution < 1.29 is 19.6 Å². The van der Waals surface area contributed by atoms with Crippen LogP contribution in [0.4, 0.5) is 5.69 Å². The molecule has 114 valence electrons. The van der Waals surface area contributed by atoms with Crippen molar-refractivity contribution in [2.24, 2.45) is 4.99 Å². The van der Waals surface area contributed by atoms with Crippen LogP contribution < -0.4 is 0 Å². The zero-order valence-corrected chi connectivity index (χ0v) is 11.7. The Morgan fingerprint density at radius 3 is 2.61 bits per heavy atom. The van der Waals surface area contributed by atoms with Crippen LogP contribution in [0.25, 0.3) is 6.08 Å². The molecular weight excluding hydrogens is 300 g/mol. The first-order chi connectivity index (χ1) is 11.0. The molecule has 0 amide bonds. The number of rotatable bonds is 3. The Balaban J connectivity index is 2.00. The van der Waals surface area contributed by atoms with Crippen LogP contribution in [0.2, 0.25) is 0 Å². The molecule has 0 unspecified atom stereocenters. The minimum Gasteiger partial charge on any atom is -0.507 e. The number of hydrogen-bond acceptors (Lipinski definition) is 6. The molecule has 0 bridgehead atoms. The van der Waals surface area contributed by atoms with Gasteiger partial charge in [-0.15, -0.1) is 0 Å². The topological polar surface area (TPSA) is 102 Å². The zero-order valence-electron chi connectivity index (χ0n) is 11.7. The molecule has 0 atom stereocenters. The molecule has 1 N–H and O–H groups in total. The first kappa shape index (κ1) is 14.5. The van der Waals surface area contributed by atoms with Crippen molar-refractivity contribution in [3.05, 3.63) is 75.5 Å². The highest BCUT2D eigenvalue weighted by molar-refractivity contribution is 6.12. The Morgan fingerprint density at radius 2 is 1.91 bits per heavy atom. The number of hydrogen-bond donors (Lipinski definition) is 1. The molecular formula is C16H10N2O5. The number of esters is 1. The summed E-state index contributed by atoms with van der Waals surface area (Å²) in [5.74, 6) is -0.735. The van der Waals surface area contributed by atoms with Gasteiger partial charge >= 0.3 is 5.97 Å². The number of phenolic OH excluding ortho intramolecular Hbond substituents is 1. The SMILES string of the molecule is O=C1OC(c2ccccc2)=N/C1=C/c1cc([N+](=O)[O-])ccc1O. The molecule has 7 heteroatoms. The fraction of sp³-hybridized carbons (Fsp3) is 0. The van der Waals surface area contributed by atoms with Gasteiger partial charge in [0.15, 0.2) is 5.70 Å². The summed E-state index contributed by atoms with van der Waals surface area (Å²) in [6, 6.07) is 12.4. The maximum Gasteiger partial charge on any atom is 0.363 e. The maximum absolute atomic E-state index is 11.9. The highest BCUT2D eigenvalue weighted by atomic mass is 16.6. The highest BCUT2D eigenvalue weighted by Gasteiger charge is 2.24. The number of nitro benzene ring substituents is 1. The number of carbonyl (C=O) groups excluding carboxylic acids is 1. The van der Waals surface area contributed by atoms with Gasteiger partial charge in [-0.05, 0) is 24.3 Å². The molecule has 23 heavy (non-hydrogen) atoms. The fourth-order valence-electron chi connectivity index (χ4n) is 2.03. The van der Waals surface area contributed by atoms with Crippen LogP contribution >= 0.6 is 0 Å². The van der Waals surface area contributed by atoms with E-state index in [0.29, 0.717) is 5.56 Å². The van der Waals surface area contributed by atoms with Crippen LogP contribution in [-0.4, -0.2) is 21.9 Å². The van der Waals surface area contributed by atoms with Gasteiger partial charge < -0.3 is 9.84 Å². The van der Waals surface area contributed by atoms with E-state index in [9.17, 15) is 20.0 Å². The largest absolute Gasteiger partial charge is 0.507 e. The van der Waals surface area contributed by atoms with Crippen LogP contribution in [0.15, 0.2) is 59.2 Å². The van der Waals surface area contributed by atoms with Gasteiger partial charge in [0, 0.05) is 23.3 Å². The first-order valence-corrected chi connectivity index (χ1v) is 6.60. The molecule has 0 fully saturated rings. The van der Waals surface area contributed by atoms with Gasteiger partial charge in [-0.25, -0.2) is 9.79 Å². The van der Waals surface area contributed by atoms with E-state index >= 15 is 0 Å². The molecule has 0 radical (unpaired) electrons. The summed E-state index contributed by atoms with van der Waals surface area (Å²) in [7, 11) is 0. The van der Waals surface area contributed by atoms with Gasteiger partial charge in [-0.2, -0.15) is 0 Å². The third-order valence-electron chi connectivity index (χ3n) is 3.16. The number of non-ortho nitro benzene ring substituents is 1. The van der Waals surface area contributed by atoms with Crippen molar-refractivity contribution >= 4 is 23.6 Å². The van der Waals surface area contributed by atoms with E-state index < -0.39 is 10.9 Å². The van der Waals surface area contributed by atoms with Crippen LogP contribution in [0.3, 0.4) is 0 Å². The fourth-order valence-corrected chi connectivity index (χ4v) is 2.03. The van der Waals surface area contributed by atoms with Crippen LogP contribution in [0.1, 0.15) is 11.1 Å². The van der Waals surface area contributed by atoms with Crippen LogP contribution in [0.5, 0.6) is 5.75 Å². The lowest BCUT2D eigenvalue weighted by atomic mass is 10.1. The van der Waals surface area contributed by atoms with Gasteiger partial charge in [-0.3, -0.25) is 10.1 Å². The van der Waals surface area contributed by atoms with Gasteiger partial charge in [0.1, 0.15) is 5.75 Å². The van der Waals surface area contributed by atoms with Gasteiger partial charge in [0.05, 0.1) is 4.92 Å². The first-order valence-electron chi connectivity index (χ1n) is 6.60. The number of nitro groups is 1. The molecule has 0 saturated carbocycles. The molecule has 1 aliphatic rings. The summed E-state index contributed by atoms with van der Waals surface area (Å²) in [5.41, 5.74) is 0.504. The van der Waals surface area contributed by atoms with Crippen LogP contribution in [0, 0.1) is 10.1 Å². The maximum atomic E-state index is 11.9. The second-order valence-corrected chi connectivity index (χ2v) is 4.70. The lowest BCUT2D eigenvalue weighted by molar-refractivity contribution is -0.384. The summed E-state index contributed by atoms with van der Waals surface area (Å²) < 4.78 is 5.08. The molecule has 2 aromatic carbocycles. The lowest BCUT2D eigenvalue weighted by Gasteiger charge is -1.99. The Hall–Kier alpha value is -3.48. The predicted molar refractivity (Wildman–Crippen MR) is 81.8 cm³/mol. The van der Waals surface area contributed by atoms with E-state index in [1.165, 1.54) is 18.2 Å². The number of phenols is 1. The second-order valence-electron chi connectivity index (χ2n) is 4.70. The van der Waals surface area contributed by atoms with Crippen LogP contribution in [-0.2, 0) is 9.53 Å². The quantitative estimate of drug-likeness (QED) is 0.406. The standard InChI is InChI=1S/C16H10N2O5/c19-14-7-6-12(18(21)22)8-11(14)9-13-16(20)23-15(17-13)10-4-2-1-3-5-10/h1-9,19H/b13-9+. The van der Waals surface area contributed by atoms with Gasteiger partial charge in [0.25, 0.3) is 5.69 Å². The lowest BCUT2D eigenvalue weighted by Crippen LogP contribution is -2.04. The summed E-state index contributed by atoms with van der Waals surface area (Å²) in [6.45, 7) is 0. The minimum absolute atomic E-state index is 0.0420. The monoisotopic (exact) mass is 310 g/mol. The average molecular weight is 310 g/mol. The van der Waals surface area contributed by atoms with Crippen molar-refractivity contribution in [3.8, 4) is 5.75 Å². The molecule has 1 aliphatic heterocycles. The minimum atomic E-state index is -0.685. The number of carbonyl (C=O) groups is 1. The number of cyclic esters (lactones) is 1. The molecule has 1 heterocycles. The van der Waals surface area contributed by atoms with Crippen molar-refractivity contribution in [2.45, 2.75) is 0 Å². The van der Waals surface area contributed by atoms with Crippen molar-refractivity contribution in [1.82, 2.24) is 0 Å². The third kappa shape index (κ3) is 2.93. The molecule has 3 rings (SSSR count). The van der Waals surface area contributed by atoms with E-state index in [2.05, 4.69) is 4.99 Å². The number of nitrogens with zero attached hydrogens (tertiary/aromatic N) is 2. The van der Waals surface area contributed by atoms with Crippen molar-refractivity contribution in [1.29, 1.82) is 0 Å². The predicted octanol–water partition coefficient (Wildman–Crippen LogP) is 2.64. The van der Waals surface area contributed by atoms with E-state index in [0.717, 1.165) is 6.07 Å². The third-order valence-corrected chi connectivity index (χ3v) is 3.16. The summed E-state index contributed by atoms with van der Waals surface area (Å²) in [6.07, 6.45) is 1.25. The summed E-state index contributed by atoms with van der Waals surface area (Å²) >= 11 is 0. The smallest absolute Gasteiger partial charge is 0.363 e. The highest BCUT2D eigenvalue weighted by Crippen LogP contribution is 2.27. The number of benzene rings is 2. The van der Waals surface area contributed by atoms with Gasteiger partial charge in [-0.1, -0.05) is 18.2 Å². The zero-order chi connectivity index (χ0) is 16.4. The Morgan fingerprint density at radius 1 is 1.17 bits per heavy atom. The Labute approximate surface area is 130 Å². The average Bonchev–Trinajstić information content (AvgIpc) is 2.91. The number of aliphatic imine (C=N–C) groups is 1. The van der Waals surface area contributed by atoms with Crippen molar-refractivity contribution in [3.63, 3.8) is 0 Å². The molecule has 2 aromatic rings. The molecule has 0 spiro atoms. The normalized spacial score (nSPS) is 15.4. The molecule has 7 nitrogen and oxygen atoms in total. The molecule has 0 aromatic heterocycles. The summed E-state index contributed by atoms with van der Waals surface area (Å²) in [4.78, 5) is 26.1. The van der Waals surface area contributed by atoms with E-state index in [-0.39, 0.29) is 28.6 Å². The second kappa shape index (κ2) is 5.72.